The highest BCUT2D eigenvalue weighted by molar-refractivity contribution is 5.96. The lowest BCUT2D eigenvalue weighted by atomic mass is 9.97. The number of carbonyl (C=O) groups is 2. The number of nitrogens with zero attached hydrogens (tertiary/aromatic N) is 4. The Morgan fingerprint density at radius 2 is 2.11 bits per heavy atom. The number of fused-ring (bicyclic) bond motifs is 1. The number of benzene rings is 1. The number of carbonyl (C=O) groups excluding carboxylic acids is 2. The molecular weight excluding hydrogens is 354 g/mol. The summed E-state index contributed by atoms with van der Waals surface area (Å²) >= 11 is 0. The molecule has 1 atom stereocenters. The number of H-pyrrole nitrogens is 1. The topological polar surface area (TPSA) is 72.5 Å². The summed E-state index contributed by atoms with van der Waals surface area (Å²) in [6.45, 7) is 7.04. The van der Waals surface area contributed by atoms with E-state index in [1.54, 1.807) is 11.8 Å². The molecule has 1 fully saturated rings. The number of rotatable bonds is 3. The van der Waals surface area contributed by atoms with Crippen LogP contribution in [0.2, 0.25) is 0 Å². The van der Waals surface area contributed by atoms with Crippen molar-refractivity contribution in [1.82, 2.24) is 20.0 Å². The zero-order valence-electron chi connectivity index (χ0n) is 16.7. The molecule has 2 amide bonds. The molecule has 2 aromatic rings. The largest absolute Gasteiger partial charge is 0.338 e. The van der Waals surface area contributed by atoms with Crippen molar-refractivity contribution in [2.75, 3.05) is 31.6 Å². The van der Waals surface area contributed by atoms with E-state index >= 15 is 0 Å². The molecule has 7 heteroatoms. The molecule has 1 aromatic carbocycles. The first-order valence-corrected chi connectivity index (χ1v) is 9.85. The molecule has 2 aliphatic rings. The van der Waals surface area contributed by atoms with Crippen molar-refractivity contribution in [1.29, 1.82) is 0 Å². The fourth-order valence-corrected chi connectivity index (χ4v) is 4.38. The molecule has 148 valence electrons. The van der Waals surface area contributed by atoms with Gasteiger partial charge in [0.2, 0.25) is 11.8 Å². The zero-order chi connectivity index (χ0) is 19.8. The SMILES string of the molecule is CC(=O)N1CCN(Cc2cn[nH]c2-c2ccc3c(c2)CCC(=O)N3C)CC1C. The van der Waals surface area contributed by atoms with Gasteiger partial charge in [0.25, 0.3) is 0 Å². The van der Waals surface area contributed by atoms with Crippen molar-refractivity contribution >= 4 is 17.5 Å². The number of piperazine rings is 1. The van der Waals surface area contributed by atoms with Crippen molar-refractivity contribution in [3.05, 3.63) is 35.5 Å². The third-order valence-electron chi connectivity index (χ3n) is 5.94. The van der Waals surface area contributed by atoms with Crippen LogP contribution in [0.1, 0.15) is 31.4 Å². The van der Waals surface area contributed by atoms with Gasteiger partial charge in [0.05, 0.1) is 11.9 Å². The number of hydrogen-bond donors (Lipinski definition) is 1. The van der Waals surface area contributed by atoms with Gasteiger partial charge in [-0.1, -0.05) is 6.07 Å². The standard InChI is InChI=1S/C21H27N5O2/c1-14-12-25(8-9-26(14)15(2)27)13-18-11-22-23-21(18)17-4-6-19-16(10-17)5-7-20(28)24(19)3/h4,6,10-11,14H,5,7-9,12-13H2,1-3H3,(H,22,23). The molecular formula is C21H27N5O2. The summed E-state index contributed by atoms with van der Waals surface area (Å²) in [4.78, 5) is 29.7. The summed E-state index contributed by atoms with van der Waals surface area (Å²) in [7, 11) is 1.84. The lowest BCUT2D eigenvalue weighted by molar-refractivity contribution is -0.133. The molecule has 0 aliphatic carbocycles. The molecule has 0 radical (unpaired) electrons. The van der Waals surface area contributed by atoms with Crippen LogP contribution in [0.25, 0.3) is 11.3 Å². The van der Waals surface area contributed by atoms with Crippen LogP contribution < -0.4 is 4.90 Å². The molecule has 1 saturated heterocycles. The average Bonchev–Trinajstić information content (AvgIpc) is 3.12. The van der Waals surface area contributed by atoms with Crippen LogP contribution >= 0.6 is 0 Å². The molecule has 1 N–H and O–H groups in total. The quantitative estimate of drug-likeness (QED) is 0.883. The monoisotopic (exact) mass is 381 g/mol. The zero-order valence-corrected chi connectivity index (χ0v) is 16.7. The normalized spacial score (nSPS) is 20.4. The fraction of sp³-hybridized carbons (Fsp3) is 0.476. The third-order valence-corrected chi connectivity index (χ3v) is 5.94. The van der Waals surface area contributed by atoms with E-state index < -0.39 is 0 Å². The van der Waals surface area contributed by atoms with E-state index in [4.69, 9.17) is 0 Å². The van der Waals surface area contributed by atoms with E-state index in [1.165, 1.54) is 5.56 Å². The van der Waals surface area contributed by atoms with Crippen LogP contribution in [0, 0.1) is 0 Å². The lowest BCUT2D eigenvalue weighted by Crippen LogP contribution is -2.53. The number of nitrogens with one attached hydrogen (secondary N) is 1. The number of aromatic amines is 1. The van der Waals surface area contributed by atoms with Gasteiger partial charge in [-0.05, 0) is 31.0 Å². The van der Waals surface area contributed by atoms with Crippen molar-refractivity contribution in [2.45, 2.75) is 39.3 Å². The molecule has 3 heterocycles. The Morgan fingerprint density at radius 1 is 1.29 bits per heavy atom. The Labute approximate surface area is 165 Å². The van der Waals surface area contributed by atoms with Gasteiger partial charge in [-0.2, -0.15) is 5.10 Å². The molecule has 1 unspecified atom stereocenters. The second-order valence-corrected chi connectivity index (χ2v) is 7.86. The Morgan fingerprint density at radius 3 is 2.86 bits per heavy atom. The summed E-state index contributed by atoms with van der Waals surface area (Å²) in [5.41, 5.74) is 5.48. The number of aryl methyl sites for hydroxylation is 1. The van der Waals surface area contributed by atoms with Gasteiger partial charge in [-0.3, -0.25) is 19.6 Å². The minimum atomic E-state index is 0.147. The van der Waals surface area contributed by atoms with E-state index in [1.807, 2.05) is 24.2 Å². The second-order valence-electron chi connectivity index (χ2n) is 7.86. The van der Waals surface area contributed by atoms with Crippen LogP contribution in [0.5, 0.6) is 0 Å². The van der Waals surface area contributed by atoms with E-state index in [-0.39, 0.29) is 17.9 Å². The Balaban J connectivity index is 1.52. The average molecular weight is 381 g/mol. The van der Waals surface area contributed by atoms with Crippen LogP contribution in [-0.2, 0) is 22.6 Å². The second kappa shape index (κ2) is 7.39. The van der Waals surface area contributed by atoms with Gasteiger partial charge in [0.15, 0.2) is 0 Å². The first-order valence-electron chi connectivity index (χ1n) is 9.85. The van der Waals surface area contributed by atoms with Crippen LogP contribution in [0.15, 0.2) is 24.4 Å². The predicted octanol–water partition coefficient (Wildman–Crippen LogP) is 2.04. The molecule has 28 heavy (non-hydrogen) atoms. The van der Waals surface area contributed by atoms with Gasteiger partial charge in [0, 0.05) is 69.4 Å². The minimum Gasteiger partial charge on any atom is -0.338 e. The first-order chi connectivity index (χ1) is 13.4. The molecule has 1 aromatic heterocycles. The summed E-state index contributed by atoms with van der Waals surface area (Å²) in [5, 5.41) is 7.44. The molecule has 7 nitrogen and oxygen atoms in total. The van der Waals surface area contributed by atoms with Gasteiger partial charge in [-0.25, -0.2) is 0 Å². The lowest BCUT2D eigenvalue weighted by Gasteiger charge is -2.39. The number of anilines is 1. The first kappa shape index (κ1) is 18.7. The molecule has 0 spiro atoms. The van der Waals surface area contributed by atoms with Crippen molar-refractivity contribution in [3.63, 3.8) is 0 Å². The minimum absolute atomic E-state index is 0.147. The van der Waals surface area contributed by atoms with Crippen molar-refractivity contribution in [3.8, 4) is 11.3 Å². The summed E-state index contributed by atoms with van der Waals surface area (Å²) in [5.74, 6) is 0.315. The number of hydrogen-bond acceptors (Lipinski definition) is 4. The Hall–Kier alpha value is -2.67. The summed E-state index contributed by atoms with van der Waals surface area (Å²) in [6, 6.07) is 6.48. The van der Waals surface area contributed by atoms with Gasteiger partial charge in [0.1, 0.15) is 0 Å². The van der Waals surface area contributed by atoms with E-state index in [0.717, 1.165) is 55.1 Å². The highest BCUT2D eigenvalue weighted by Gasteiger charge is 2.26. The van der Waals surface area contributed by atoms with Gasteiger partial charge >= 0.3 is 0 Å². The van der Waals surface area contributed by atoms with Crippen LogP contribution in [0.4, 0.5) is 5.69 Å². The summed E-state index contributed by atoms with van der Waals surface area (Å²) < 4.78 is 0. The van der Waals surface area contributed by atoms with Crippen molar-refractivity contribution < 1.29 is 9.59 Å². The van der Waals surface area contributed by atoms with E-state index in [9.17, 15) is 9.59 Å². The van der Waals surface area contributed by atoms with Crippen molar-refractivity contribution in [2.24, 2.45) is 0 Å². The summed E-state index contributed by atoms with van der Waals surface area (Å²) in [6.07, 6.45) is 3.23. The van der Waals surface area contributed by atoms with E-state index in [2.05, 4.69) is 34.2 Å². The Bertz CT molecular complexity index is 906. The molecule has 0 saturated carbocycles. The highest BCUT2D eigenvalue weighted by Crippen LogP contribution is 2.32. The van der Waals surface area contributed by atoms with Crippen LogP contribution in [0.3, 0.4) is 0 Å². The van der Waals surface area contributed by atoms with Gasteiger partial charge < -0.3 is 9.80 Å². The smallest absolute Gasteiger partial charge is 0.227 e. The van der Waals surface area contributed by atoms with Gasteiger partial charge in [-0.15, -0.1) is 0 Å². The Kier molecular flexibility index (Phi) is 4.93. The van der Waals surface area contributed by atoms with E-state index in [0.29, 0.717) is 6.42 Å². The molecule has 2 aliphatic heterocycles. The maximum absolute atomic E-state index is 11.9. The number of amides is 2. The highest BCUT2D eigenvalue weighted by atomic mass is 16.2. The predicted molar refractivity (Wildman–Crippen MR) is 108 cm³/mol. The van der Waals surface area contributed by atoms with Crippen LogP contribution in [-0.4, -0.2) is 64.5 Å². The maximum atomic E-state index is 11.9. The maximum Gasteiger partial charge on any atom is 0.227 e. The molecule has 4 rings (SSSR count). The number of aromatic nitrogens is 2. The fourth-order valence-electron chi connectivity index (χ4n) is 4.38. The molecule has 0 bridgehead atoms. The third kappa shape index (κ3) is 3.42.